The van der Waals surface area contributed by atoms with Crippen molar-refractivity contribution in [3.05, 3.63) is 29.3 Å². The second-order valence-corrected chi connectivity index (χ2v) is 4.95. The lowest BCUT2D eigenvalue weighted by atomic mass is 9.95. The topological polar surface area (TPSA) is 38.3 Å². The smallest absolute Gasteiger partial charge is 0.338 e. The van der Waals surface area contributed by atoms with Crippen molar-refractivity contribution in [2.45, 2.75) is 45.1 Å². The molecule has 0 bridgehead atoms. The Morgan fingerprint density at radius 2 is 2.00 bits per heavy atom. The summed E-state index contributed by atoms with van der Waals surface area (Å²) >= 11 is 0. The van der Waals surface area contributed by atoms with Crippen LogP contribution in [0.4, 0.5) is 5.69 Å². The fourth-order valence-corrected chi connectivity index (χ4v) is 2.59. The minimum absolute atomic E-state index is 0.264. The molecule has 1 aliphatic carbocycles. The molecule has 3 heteroatoms. The molecule has 0 spiro atoms. The van der Waals surface area contributed by atoms with Gasteiger partial charge in [0.25, 0.3) is 0 Å². The third-order valence-corrected chi connectivity index (χ3v) is 3.70. The van der Waals surface area contributed by atoms with E-state index >= 15 is 0 Å². The average Bonchev–Trinajstić information content (AvgIpc) is 2.41. The zero-order valence-electron chi connectivity index (χ0n) is 11.2. The Morgan fingerprint density at radius 1 is 1.28 bits per heavy atom. The monoisotopic (exact) mass is 247 g/mol. The van der Waals surface area contributed by atoms with Crippen LogP contribution in [0.3, 0.4) is 0 Å². The molecule has 1 fully saturated rings. The van der Waals surface area contributed by atoms with Crippen LogP contribution in [0.25, 0.3) is 0 Å². The summed E-state index contributed by atoms with van der Waals surface area (Å²) in [6, 6.07) is 6.30. The van der Waals surface area contributed by atoms with Gasteiger partial charge < -0.3 is 10.1 Å². The van der Waals surface area contributed by atoms with Gasteiger partial charge in [0, 0.05) is 11.7 Å². The lowest BCUT2D eigenvalue weighted by molar-refractivity contribution is 0.0600. The molecule has 1 N–H and O–H groups in total. The van der Waals surface area contributed by atoms with Gasteiger partial charge in [-0.2, -0.15) is 0 Å². The molecule has 98 valence electrons. The van der Waals surface area contributed by atoms with Crippen molar-refractivity contribution in [2.24, 2.45) is 0 Å². The fourth-order valence-electron chi connectivity index (χ4n) is 2.59. The first-order valence-corrected chi connectivity index (χ1v) is 6.67. The molecular weight excluding hydrogens is 226 g/mol. The molecule has 1 saturated carbocycles. The standard InChI is InChI=1S/C15H21NO2/c1-11-13(15(17)18-2)9-6-10-14(11)16-12-7-4-3-5-8-12/h6,9-10,12,16H,3-5,7-8H2,1-2H3. The molecule has 3 nitrogen and oxygen atoms in total. The highest BCUT2D eigenvalue weighted by atomic mass is 16.5. The van der Waals surface area contributed by atoms with Crippen molar-refractivity contribution in [1.82, 2.24) is 0 Å². The Balaban J connectivity index is 2.15. The van der Waals surface area contributed by atoms with Crippen LogP contribution in [-0.2, 0) is 4.74 Å². The zero-order valence-corrected chi connectivity index (χ0v) is 11.2. The van der Waals surface area contributed by atoms with E-state index in [1.807, 2.05) is 25.1 Å². The molecule has 1 aromatic carbocycles. The van der Waals surface area contributed by atoms with Crippen molar-refractivity contribution >= 4 is 11.7 Å². The number of esters is 1. The molecular formula is C15H21NO2. The SMILES string of the molecule is COC(=O)c1cccc(NC2CCCCC2)c1C. The van der Waals surface area contributed by atoms with Gasteiger partial charge in [-0.05, 0) is 37.5 Å². The zero-order chi connectivity index (χ0) is 13.0. The van der Waals surface area contributed by atoms with Crippen molar-refractivity contribution in [3.63, 3.8) is 0 Å². The van der Waals surface area contributed by atoms with Crippen molar-refractivity contribution in [3.8, 4) is 0 Å². The highest BCUT2D eigenvalue weighted by Crippen LogP contribution is 2.25. The van der Waals surface area contributed by atoms with Gasteiger partial charge in [0.15, 0.2) is 0 Å². The molecule has 0 aromatic heterocycles. The number of carbonyl (C=O) groups excluding carboxylic acids is 1. The van der Waals surface area contributed by atoms with Crippen LogP contribution in [0.2, 0.25) is 0 Å². The number of anilines is 1. The minimum atomic E-state index is -0.264. The minimum Gasteiger partial charge on any atom is -0.465 e. The van der Waals surface area contributed by atoms with Crippen LogP contribution in [0.15, 0.2) is 18.2 Å². The van der Waals surface area contributed by atoms with Gasteiger partial charge in [-0.3, -0.25) is 0 Å². The van der Waals surface area contributed by atoms with Crippen molar-refractivity contribution < 1.29 is 9.53 Å². The van der Waals surface area contributed by atoms with Gasteiger partial charge in [-0.15, -0.1) is 0 Å². The van der Waals surface area contributed by atoms with Gasteiger partial charge in [-0.25, -0.2) is 4.79 Å². The first kappa shape index (κ1) is 12.9. The Morgan fingerprint density at radius 3 is 2.67 bits per heavy atom. The maximum absolute atomic E-state index is 11.6. The van der Waals surface area contributed by atoms with E-state index in [0.717, 1.165) is 11.3 Å². The van der Waals surface area contributed by atoms with Gasteiger partial charge >= 0.3 is 5.97 Å². The van der Waals surface area contributed by atoms with Crippen molar-refractivity contribution in [1.29, 1.82) is 0 Å². The number of rotatable bonds is 3. The molecule has 0 amide bonds. The molecule has 0 radical (unpaired) electrons. The van der Waals surface area contributed by atoms with E-state index in [1.54, 1.807) is 0 Å². The number of hydrogen-bond acceptors (Lipinski definition) is 3. The molecule has 0 unspecified atom stereocenters. The molecule has 1 aromatic rings. The van der Waals surface area contributed by atoms with Crippen LogP contribution in [-0.4, -0.2) is 19.1 Å². The van der Waals surface area contributed by atoms with E-state index in [4.69, 9.17) is 4.74 Å². The lowest BCUT2D eigenvalue weighted by Gasteiger charge is -2.25. The Hall–Kier alpha value is -1.51. The lowest BCUT2D eigenvalue weighted by Crippen LogP contribution is -2.23. The summed E-state index contributed by atoms with van der Waals surface area (Å²) in [6.07, 6.45) is 6.39. The van der Waals surface area contributed by atoms with Crippen molar-refractivity contribution in [2.75, 3.05) is 12.4 Å². The molecule has 18 heavy (non-hydrogen) atoms. The summed E-state index contributed by atoms with van der Waals surface area (Å²) in [6.45, 7) is 1.97. The van der Waals surface area contributed by atoms with Gasteiger partial charge in [-0.1, -0.05) is 25.3 Å². The van der Waals surface area contributed by atoms with Gasteiger partial charge in [0.05, 0.1) is 12.7 Å². The second kappa shape index (κ2) is 5.89. The number of benzene rings is 1. The van der Waals surface area contributed by atoms with E-state index in [0.29, 0.717) is 11.6 Å². The molecule has 1 aliphatic rings. The fraction of sp³-hybridized carbons (Fsp3) is 0.533. The molecule has 0 heterocycles. The summed E-state index contributed by atoms with van der Waals surface area (Å²) in [4.78, 5) is 11.6. The average molecular weight is 247 g/mol. The quantitative estimate of drug-likeness (QED) is 0.830. The molecule has 0 aliphatic heterocycles. The third-order valence-electron chi connectivity index (χ3n) is 3.70. The number of carbonyl (C=O) groups is 1. The second-order valence-electron chi connectivity index (χ2n) is 4.95. The Labute approximate surface area is 109 Å². The maximum Gasteiger partial charge on any atom is 0.338 e. The van der Waals surface area contributed by atoms with E-state index in [9.17, 15) is 4.79 Å². The summed E-state index contributed by atoms with van der Waals surface area (Å²) in [7, 11) is 1.42. The number of methoxy groups -OCH3 is 1. The van der Waals surface area contributed by atoms with Gasteiger partial charge in [0.2, 0.25) is 0 Å². The summed E-state index contributed by atoms with van der Waals surface area (Å²) in [5.74, 6) is -0.264. The van der Waals surface area contributed by atoms with Crippen LogP contribution < -0.4 is 5.32 Å². The molecule has 0 atom stereocenters. The first-order chi connectivity index (χ1) is 8.72. The Kier molecular flexibility index (Phi) is 4.24. The van der Waals surface area contributed by atoms with E-state index in [1.165, 1.54) is 39.2 Å². The van der Waals surface area contributed by atoms with E-state index in [2.05, 4.69) is 5.32 Å². The predicted octanol–water partition coefficient (Wildman–Crippen LogP) is 3.53. The molecule has 0 saturated heterocycles. The number of ether oxygens (including phenoxy) is 1. The largest absolute Gasteiger partial charge is 0.465 e. The predicted molar refractivity (Wildman–Crippen MR) is 73.0 cm³/mol. The summed E-state index contributed by atoms with van der Waals surface area (Å²) in [5.41, 5.74) is 2.69. The highest BCUT2D eigenvalue weighted by molar-refractivity contribution is 5.92. The number of hydrogen-bond donors (Lipinski definition) is 1. The molecule has 2 rings (SSSR count). The van der Waals surface area contributed by atoms with E-state index in [-0.39, 0.29) is 5.97 Å². The first-order valence-electron chi connectivity index (χ1n) is 6.67. The number of nitrogens with one attached hydrogen (secondary N) is 1. The van der Waals surface area contributed by atoms with E-state index < -0.39 is 0 Å². The maximum atomic E-state index is 11.6. The highest BCUT2D eigenvalue weighted by Gasteiger charge is 2.16. The summed E-state index contributed by atoms with van der Waals surface area (Å²) < 4.78 is 4.80. The van der Waals surface area contributed by atoms with Gasteiger partial charge in [0.1, 0.15) is 0 Å². The van der Waals surface area contributed by atoms with Crippen LogP contribution >= 0.6 is 0 Å². The normalized spacial score (nSPS) is 16.3. The third kappa shape index (κ3) is 2.84. The summed E-state index contributed by atoms with van der Waals surface area (Å²) in [5, 5.41) is 3.56. The Bertz CT molecular complexity index is 423. The van der Waals surface area contributed by atoms with Crippen LogP contribution in [0.1, 0.15) is 48.0 Å². The van der Waals surface area contributed by atoms with Crippen LogP contribution in [0, 0.1) is 6.92 Å². The van der Waals surface area contributed by atoms with Crippen LogP contribution in [0.5, 0.6) is 0 Å².